The van der Waals surface area contributed by atoms with E-state index in [1.54, 1.807) is 6.92 Å². The van der Waals surface area contributed by atoms with Gasteiger partial charge in [-0.15, -0.1) is 0 Å². The van der Waals surface area contributed by atoms with E-state index in [0.29, 0.717) is 6.54 Å². The van der Waals surface area contributed by atoms with Gasteiger partial charge in [-0.1, -0.05) is 54.6 Å². The normalized spacial score (nSPS) is 17.1. The summed E-state index contributed by atoms with van der Waals surface area (Å²) in [4.78, 5) is 26.1. The quantitative estimate of drug-likeness (QED) is 0.919. The Morgan fingerprint density at radius 1 is 1.12 bits per heavy atom. The highest BCUT2D eigenvalue weighted by Crippen LogP contribution is 2.35. The van der Waals surface area contributed by atoms with Gasteiger partial charge in [0.2, 0.25) is 5.91 Å². The van der Waals surface area contributed by atoms with Crippen molar-refractivity contribution < 1.29 is 14.7 Å². The first-order chi connectivity index (χ1) is 11.6. The zero-order chi connectivity index (χ0) is 17.1. The standard InChI is InChI=1S/C20H21NO3/c1-14(20(23)24)21(13-15-7-3-2-4-8-15)19(22)18-12-11-16-9-5-6-10-17(16)18/h2-10,14,18H,11-13H2,1H3,(H,23,24). The molecule has 2 aromatic carbocycles. The molecule has 0 spiro atoms. The molecule has 4 nitrogen and oxygen atoms in total. The highest BCUT2D eigenvalue weighted by molar-refractivity contribution is 5.89. The fraction of sp³-hybridized carbons (Fsp3) is 0.300. The average molecular weight is 323 g/mol. The summed E-state index contributed by atoms with van der Waals surface area (Å²) in [6, 6.07) is 16.6. The van der Waals surface area contributed by atoms with Gasteiger partial charge >= 0.3 is 5.97 Å². The van der Waals surface area contributed by atoms with Crippen LogP contribution in [0.25, 0.3) is 0 Å². The van der Waals surface area contributed by atoms with Gasteiger partial charge < -0.3 is 10.0 Å². The molecular formula is C20H21NO3. The molecule has 2 atom stereocenters. The summed E-state index contributed by atoms with van der Waals surface area (Å²) in [6.07, 6.45) is 1.61. The van der Waals surface area contributed by atoms with Gasteiger partial charge in [0.15, 0.2) is 0 Å². The number of fused-ring (bicyclic) bond motifs is 1. The van der Waals surface area contributed by atoms with Gasteiger partial charge in [-0.25, -0.2) is 4.79 Å². The van der Waals surface area contributed by atoms with E-state index >= 15 is 0 Å². The van der Waals surface area contributed by atoms with Gasteiger partial charge in [0.05, 0.1) is 5.92 Å². The Labute approximate surface area is 141 Å². The number of aryl methyl sites for hydroxylation is 1. The van der Waals surface area contributed by atoms with Crippen molar-refractivity contribution in [1.29, 1.82) is 0 Å². The number of hydrogen-bond acceptors (Lipinski definition) is 2. The van der Waals surface area contributed by atoms with Gasteiger partial charge in [-0.2, -0.15) is 0 Å². The molecule has 0 bridgehead atoms. The Morgan fingerprint density at radius 3 is 2.50 bits per heavy atom. The number of rotatable bonds is 5. The van der Waals surface area contributed by atoms with Gasteiger partial charge in [0.25, 0.3) is 0 Å². The smallest absolute Gasteiger partial charge is 0.326 e. The fourth-order valence-corrected chi connectivity index (χ4v) is 3.33. The van der Waals surface area contributed by atoms with Crippen LogP contribution in [0.3, 0.4) is 0 Å². The lowest BCUT2D eigenvalue weighted by Crippen LogP contribution is -2.44. The highest BCUT2D eigenvalue weighted by atomic mass is 16.4. The molecule has 0 saturated heterocycles. The van der Waals surface area contributed by atoms with E-state index in [4.69, 9.17) is 0 Å². The zero-order valence-corrected chi connectivity index (χ0v) is 13.7. The lowest BCUT2D eigenvalue weighted by molar-refractivity contribution is -0.150. The van der Waals surface area contributed by atoms with Crippen molar-refractivity contribution in [2.24, 2.45) is 0 Å². The molecule has 1 aliphatic rings. The first kappa shape index (κ1) is 16.2. The summed E-state index contributed by atoms with van der Waals surface area (Å²) in [5.74, 6) is -1.32. The van der Waals surface area contributed by atoms with E-state index in [-0.39, 0.29) is 11.8 Å². The fourth-order valence-electron chi connectivity index (χ4n) is 3.33. The second-order valence-electron chi connectivity index (χ2n) is 6.26. The van der Waals surface area contributed by atoms with Crippen molar-refractivity contribution in [2.75, 3.05) is 0 Å². The third-order valence-electron chi connectivity index (χ3n) is 4.73. The summed E-state index contributed by atoms with van der Waals surface area (Å²) in [5, 5.41) is 9.42. The summed E-state index contributed by atoms with van der Waals surface area (Å²) < 4.78 is 0. The lowest BCUT2D eigenvalue weighted by Gasteiger charge is -2.29. The number of nitrogens with zero attached hydrogens (tertiary/aromatic N) is 1. The van der Waals surface area contributed by atoms with Gasteiger partial charge in [0, 0.05) is 6.54 Å². The zero-order valence-electron chi connectivity index (χ0n) is 13.7. The van der Waals surface area contributed by atoms with Crippen LogP contribution in [0.4, 0.5) is 0 Å². The molecule has 3 rings (SSSR count). The molecule has 0 fully saturated rings. The molecule has 24 heavy (non-hydrogen) atoms. The van der Waals surface area contributed by atoms with Crippen molar-refractivity contribution >= 4 is 11.9 Å². The summed E-state index contributed by atoms with van der Waals surface area (Å²) in [7, 11) is 0. The predicted octanol–water partition coefficient (Wildman–Crippen LogP) is 3.22. The van der Waals surface area contributed by atoms with Gasteiger partial charge in [0.1, 0.15) is 6.04 Å². The number of carbonyl (C=O) groups excluding carboxylic acids is 1. The Hall–Kier alpha value is -2.62. The maximum atomic E-state index is 13.1. The Bertz CT molecular complexity index is 742. The monoisotopic (exact) mass is 323 g/mol. The third kappa shape index (κ3) is 3.18. The number of carboxylic acid groups (broad SMARTS) is 1. The SMILES string of the molecule is CC(C(=O)O)N(Cc1ccccc1)C(=O)C1CCc2ccccc21. The van der Waals surface area contributed by atoms with Crippen molar-refractivity contribution in [3.05, 3.63) is 71.3 Å². The van der Waals surface area contributed by atoms with E-state index < -0.39 is 12.0 Å². The second-order valence-corrected chi connectivity index (χ2v) is 6.26. The van der Waals surface area contributed by atoms with Crippen molar-refractivity contribution in [1.82, 2.24) is 4.90 Å². The van der Waals surface area contributed by atoms with Crippen molar-refractivity contribution in [3.8, 4) is 0 Å². The van der Waals surface area contributed by atoms with E-state index in [1.807, 2.05) is 54.6 Å². The van der Waals surface area contributed by atoms with Crippen LogP contribution in [0.2, 0.25) is 0 Å². The Kier molecular flexibility index (Phi) is 4.65. The predicted molar refractivity (Wildman–Crippen MR) is 91.6 cm³/mol. The molecule has 0 aliphatic heterocycles. The van der Waals surface area contributed by atoms with Crippen LogP contribution in [0.15, 0.2) is 54.6 Å². The molecule has 124 valence electrons. The Balaban J connectivity index is 1.88. The number of amides is 1. The molecular weight excluding hydrogens is 302 g/mol. The third-order valence-corrected chi connectivity index (χ3v) is 4.73. The van der Waals surface area contributed by atoms with Crippen LogP contribution in [0, 0.1) is 0 Å². The molecule has 0 heterocycles. The molecule has 1 amide bonds. The van der Waals surface area contributed by atoms with Gasteiger partial charge in [-0.3, -0.25) is 4.79 Å². The maximum Gasteiger partial charge on any atom is 0.326 e. The summed E-state index contributed by atoms with van der Waals surface area (Å²) >= 11 is 0. The topological polar surface area (TPSA) is 57.6 Å². The van der Waals surface area contributed by atoms with E-state index in [0.717, 1.165) is 24.0 Å². The molecule has 2 aromatic rings. The minimum atomic E-state index is -0.981. The van der Waals surface area contributed by atoms with E-state index in [9.17, 15) is 14.7 Å². The van der Waals surface area contributed by atoms with Crippen molar-refractivity contribution in [2.45, 2.75) is 38.3 Å². The molecule has 0 saturated carbocycles. The number of aliphatic carboxylic acids is 1. The molecule has 0 aromatic heterocycles. The number of hydrogen-bond donors (Lipinski definition) is 1. The number of carboxylic acids is 1. The van der Waals surface area contributed by atoms with Crippen LogP contribution in [0.1, 0.15) is 36.0 Å². The molecule has 1 N–H and O–H groups in total. The summed E-state index contributed by atoms with van der Waals surface area (Å²) in [5.41, 5.74) is 3.17. The molecule has 1 aliphatic carbocycles. The lowest BCUT2D eigenvalue weighted by atomic mass is 9.98. The number of benzene rings is 2. The van der Waals surface area contributed by atoms with Crippen molar-refractivity contribution in [3.63, 3.8) is 0 Å². The largest absolute Gasteiger partial charge is 0.480 e. The van der Waals surface area contributed by atoms with Gasteiger partial charge in [-0.05, 0) is 36.5 Å². The molecule has 0 radical (unpaired) electrons. The van der Waals surface area contributed by atoms with Crippen LogP contribution >= 0.6 is 0 Å². The van der Waals surface area contributed by atoms with Crippen LogP contribution in [-0.2, 0) is 22.6 Å². The average Bonchev–Trinajstić information content (AvgIpc) is 3.03. The minimum Gasteiger partial charge on any atom is -0.480 e. The van der Waals surface area contributed by atoms with E-state index in [2.05, 4.69) is 0 Å². The molecule has 4 heteroatoms. The maximum absolute atomic E-state index is 13.1. The first-order valence-electron chi connectivity index (χ1n) is 8.23. The minimum absolute atomic E-state index is 0.0984. The Morgan fingerprint density at radius 2 is 1.79 bits per heavy atom. The first-order valence-corrected chi connectivity index (χ1v) is 8.23. The van der Waals surface area contributed by atoms with Crippen LogP contribution < -0.4 is 0 Å². The second kappa shape index (κ2) is 6.87. The van der Waals surface area contributed by atoms with Crippen LogP contribution in [0.5, 0.6) is 0 Å². The summed E-state index contributed by atoms with van der Waals surface area (Å²) in [6.45, 7) is 1.88. The number of carbonyl (C=O) groups is 2. The highest BCUT2D eigenvalue weighted by Gasteiger charge is 2.35. The van der Waals surface area contributed by atoms with Crippen LogP contribution in [-0.4, -0.2) is 27.9 Å². The molecule has 2 unspecified atom stereocenters. The van der Waals surface area contributed by atoms with E-state index in [1.165, 1.54) is 10.5 Å².